The Morgan fingerprint density at radius 1 is 1.33 bits per heavy atom. The van der Waals surface area contributed by atoms with Crippen LogP contribution in [0.15, 0.2) is 52.9 Å². The lowest BCUT2D eigenvalue weighted by atomic mass is 9.83. The minimum absolute atomic E-state index is 0.129. The Balaban J connectivity index is 0.000000178. The van der Waals surface area contributed by atoms with Crippen molar-refractivity contribution in [3.05, 3.63) is 53.5 Å². The molecule has 162 valence electrons. The first kappa shape index (κ1) is 22.2. The van der Waals surface area contributed by atoms with Crippen molar-refractivity contribution >= 4 is 18.8 Å². The lowest BCUT2D eigenvalue weighted by Gasteiger charge is -2.19. The van der Waals surface area contributed by atoms with E-state index in [4.69, 9.17) is 4.74 Å². The van der Waals surface area contributed by atoms with Gasteiger partial charge < -0.3 is 10.1 Å². The minimum Gasteiger partial charge on any atom is -0.374 e. The summed E-state index contributed by atoms with van der Waals surface area (Å²) in [5.74, 6) is 2.14. The van der Waals surface area contributed by atoms with E-state index in [1.54, 1.807) is 0 Å². The number of fused-ring (bicyclic) bond motifs is 5. The molecule has 1 saturated carbocycles. The third-order valence-electron chi connectivity index (χ3n) is 6.16. The van der Waals surface area contributed by atoms with E-state index in [-0.39, 0.29) is 5.69 Å². The molecule has 2 saturated heterocycles. The number of alkyl halides is 3. The van der Waals surface area contributed by atoms with Crippen LogP contribution in [0, 0.1) is 23.7 Å². The lowest BCUT2D eigenvalue weighted by molar-refractivity contribution is -0.137. The Bertz CT molecular complexity index is 863. The van der Waals surface area contributed by atoms with Crippen molar-refractivity contribution in [3.8, 4) is 0 Å². The van der Waals surface area contributed by atoms with E-state index < -0.39 is 17.7 Å². The van der Waals surface area contributed by atoms with E-state index in [1.807, 2.05) is 13.0 Å². The highest BCUT2D eigenvalue weighted by Crippen LogP contribution is 2.65. The fourth-order valence-electron chi connectivity index (χ4n) is 4.74. The van der Waals surface area contributed by atoms with E-state index >= 15 is 0 Å². The van der Waals surface area contributed by atoms with Crippen LogP contribution < -0.4 is 5.32 Å². The van der Waals surface area contributed by atoms with Gasteiger partial charge in [-0.1, -0.05) is 19.1 Å². The standard InChI is InChI=1S/C14H18FNO.C8H6F3NO/c1-4-8(5-11(15)16-3)9-6-10-12-7(2)13(12)14(9)17-10;9-8(10,11)6-2-1-3-7(4-6)12-5-13/h4-5,7,9-10,12-14H,3,6H2,1-2H3;1-5H,(H,12,13)/b8-4+,11-5-;/t7-,9?,10?,12?,13?,14?;/m0./s1. The quantitative estimate of drug-likeness (QED) is 0.227. The fraction of sp³-hybridized carbons (Fsp3) is 0.455. The second-order valence-electron chi connectivity index (χ2n) is 7.75. The predicted octanol–water partition coefficient (Wildman–Crippen LogP) is 5.39. The SMILES string of the molecule is C=N/C(F)=C\C(=C/C)C1CC2OC1C1C2[C@@H]1C.O=CNc1cccc(C(F)(F)F)c1. The van der Waals surface area contributed by atoms with Crippen LogP contribution in [0.5, 0.6) is 0 Å². The Kier molecular flexibility index (Phi) is 6.45. The summed E-state index contributed by atoms with van der Waals surface area (Å²) < 4.78 is 55.5. The second-order valence-corrected chi connectivity index (χ2v) is 7.75. The number of carbonyl (C=O) groups excluding carboxylic acids is 1. The maximum absolute atomic E-state index is 13.2. The number of anilines is 1. The van der Waals surface area contributed by atoms with Gasteiger partial charge >= 0.3 is 6.18 Å². The maximum Gasteiger partial charge on any atom is 0.416 e. The third kappa shape index (κ3) is 4.48. The zero-order chi connectivity index (χ0) is 22.1. The Hall–Kier alpha value is -2.48. The van der Waals surface area contributed by atoms with Crippen LogP contribution >= 0.6 is 0 Å². The molecule has 0 radical (unpaired) electrons. The molecule has 6 atom stereocenters. The molecule has 3 aliphatic rings. The van der Waals surface area contributed by atoms with Gasteiger partial charge in [-0.05, 0) is 67.7 Å². The zero-order valence-electron chi connectivity index (χ0n) is 16.7. The summed E-state index contributed by atoms with van der Waals surface area (Å²) in [7, 11) is 0. The molecule has 1 aliphatic carbocycles. The number of rotatable bonds is 5. The average Bonchev–Trinajstić information content (AvgIpc) is 3.06. The average molecular weight is 424 g/mol. The van der Waals surface area contributed by atoms with Crippen molar-refractivity contribution < 1.29 is 27.1 Å². The van der Waals surface area contributed by atoms with E-state index in [0.29, 0.717) is 30.5 Å². The van der Waals surface area contributed by atoms with E-state index in [0.717, 1.165) is 36.0 Å². The molecule has 1 N–H and O–H groups in total. The number of nitrogens with one attached hydrogen (secondary N) is 1. The van der Waals surface area contributed by atoms with Crippen molar-refractivity contribution in [1.29, 1.82) is 0 Å². The first-order valence-corrected chi connectivity index (χ1v) is 9.74. The van der Waals surface area contributed by atoms with Gasteiger partial charge in [0.2, 0.25) is 12.4 Å². The zero-order valence-corrected chi connectivity index (χ0v) is 16.7. The molecule has 0 spiro atoms. The minimum atomic E-state index is -4.37. The monoisotopic (exact) mass is 424 g/mol. The molecule has 1 amide bonds. The van der Waals surface area contributed by atoms with Crippen LogP contribution in [0.3, 0.4) is 0 Å². The summed E-state index contributed by atoms with van der Waals surface area (Å²) in [5.41, 5.74) is 0.365. The number of benzene rings is 1. The van der Waals surface area contributed by atoms with Crippen LogP contribution in [0.2, 0.25) is 0 Å². The second kappa shape index (κ2) is 8.71. The van der Waals surface area contributed by atoms with Gasteiger partial charge in [-0.15, -0.1) is 0 Å². The molecule has 5 unspecified atom stereocenters. The molecular weight excluding hydrogens is 400 g/mol. The van der Waals surface area contributed by atoms with Gasteiger partial charge in [0.05, 0.1) is 17.8 Å². The third-order valence-corrected chi connectivity index (χ3v) is 6.16. The van der Waals surface area contributed by atoms with E-state index in [2.05, 4.69) is 24.0 Å². The highest BCUT2D eigenvalue weighted by atomic mass is 19.4. The largest absolute Gasteiger partial charge is 0.416 e. The number of nitrogens with zero attached hydrogens (tertiary/aromatic N) is 1. The van der Waals surface area contributed by atoms with Crippen molar-refractivity contribution in [2.24, 2.45) is 28.7 Å². The van der Waals surface area contributed by atoms with Crippen LogP contribution in [0.25, 0.3) is 0 Å². The fourth-order valence-corrected chi connectivity index (χ4v) is 4.74. The summed E-state index contributed by atoms with van der Waals surface area (Å²) >= 11 is 0. The number of hydrogen-bond donors (Lipinski definition) is 1. The summed E-state index contributed by atoms with van der Waals surface area (Å²) in [4.78, 5) is 13.3. The Morgan fingerprint density at radius 2 is 2.07 bits per heavy atom. The highest BCUT2D eigenvalue weighted by molar-refractivity contribution is 5.71. The maximum atomic E-state index is 13.2. The van der Waals surface area contributed by atoms with Crippen molar-refractivity contribution in [2.75, 3.05) is 5.32 Å². The molecule has 4 nitrogen and oxygen atoms in total. The summed E-state index contributed by atoms with van der Waals surface area (Å²) in [6, 6.07) is 4.42. The molecule has 8 heteroatoms. The van der Waals surface area contributed by atoms with Crippen LogP contribution in [-0.2, 0) is 15.7 Å². The number of aliphatic imine (C=N–C) groups is 1. The number of allylic oxidation sites excluding steroid dienone is 2. The molecular formula is C22H24F4N2O2. The molecule has 0 aromatic heterocycles. The Morgan fingerprint density at radius 3 is 2.63 bits per heavy atom. The first-order valence-electron chi connectivity index (χ1n) is 9.74. The van der Waals surface area contributed by atoms with Crippen molar-refractivity contribution in [3.63, 3.8) is 0 Å². The van der Waals surface area contributed by atoms with Gasteiger partial charge in [-0.25, -0.2) is 4.99 Å². The van der Waals surface area contributed by atoms with Gasteiger partial charge in [-0.3, -0.25) is 4.79 Å². The van der Waals surface area contributed by atoms with Gasteiger partial charge in [0.15, 0.2) is 0 Å². The number of ether oxygens (including phenoxy) is 1. The molecule has 1 aromatic carbocycles. The van der Waals surface area contributed by atoms with Crippen LogP contribution in [0.4, 0.5) is 23.2 Å². The predicted molar refractivity (Wildman–Crippen MR) is 107 cm³/mol. The topological polar surface area (TPSA) is 50.7 Å². The van der Waals surface area contributed by atoms with E-state index in [9.17, 15) is 22.4 Å². The lowest BCUT2D eigenvalue weighted by Crippen LogP contribution is -2.21. The number of halogens is 4. The summed E-state index contributed by atoms with van der Waals surface area (Å²) in [5, 5.41) is 2.14. The molecule has 2 aliphatic heterocycles. The van der Waals surface area contributed by atoms with E-state index in [1.165, 1.54) is 18.2 Å². The molecule has 1 aromatic rings. The molecule has 4 rings (SSSR count). The number of hydrogen-bond acceptors (Lipinski definition) is 3. The number of carbonyl (C=O) groups is 1. The van der Waals surface area contributed by atoms with Crippen molar-refractivity contribution in [1.82, 2.24) is 0 Å². The smallest absolute Gasteiger partial charge is 0.374 e. The van der Waals surface area contributed by atoms with Gasteiger partial charge in [0.1, 0.15) is 0 Å². The molecule has 30 heavy (non-hydrogen) atoms. The van der Waals surface area contributed by atoms with Gasteiger partial charge in [-0.2, -0.15) is 17.6 Å². The molecule has 2 heterocycles. The summed E-state index contributed by atoms with van der Waals surface area (Å²) in [6.45, 7) is 7.46. The van der Waals surface area contributed by atoms with Gasteiger partial charge in [0.25, 0.3) is 0 Å². The number of amides is 1. The Labute approximate surface area is 172 Å². The summed E-state index contributed by atoms with van der Waals surface area (Å²) in [6.07, 6.45) is 1.19. The van der Waals surface area contributed by atoms with Crippen LogP contribution in [0.1, 0.15) is 25.8 Å². The highest BCUT2D eigenvalue weighted by Gasteiger charge is 2.67. The molecule has 3 fully saturated rings. The normalized spacial score (nSPS) is 32.1. The van der Waals surface area contributed by atoms with Crippen molar-refractivity contribution in [2.45, 2.75) is 38.7 Å². The van der Waals surface area contributed by atoms with Crippen LogP contribution in [-0.4, -0.2) is 25.3 Å². The molecule has 2 bridgehead atoms. The van der Waals surface area contributed by atoms with Gasteiger partial charge in [0, 0.05) is 11.6 Å². The first-order chi connectivity index (χ1) is 14.2.